The third-order valence-corrected chi connectivity index (χ3v) is 9.07. The van der Waals surface area contributed by atoms with Gasteiger partial charge in [0.15, 0.2) is 0 Å². The van der Waals surface area contributed by atoms with Crippen LogP contribution >= 0.6 is 23.2 Å². The van der Waals surface area contributed by atoms with Gasteiger partial charge in [0.05, 0.1) is 35.9 Å². The fourth-order valence-corrected chi connectivity index (χ4v) is 6.58. The van der Waals surface area contributed by atoms with E-state index in [-0.39, 0.29) is 5.41 Å². The van der Waals surface area contributed by atoms with Gasteiger partial charge in [0.1, 0.15) is 12.4 Å². The van der Waals surface area contributed by atoms with E-state index in [1.165, 1.54) is 11.9 Å². The molecule has 4 aromatic rings. The zero-order chi connectivity index (χ0) is 25.7. The molecule has 0 amide bonds. The number of nitrogens with zero attached hydrogens (tertiary/aromatic N) is 4. The molecule has 38 heavy (non-hydrogen) atoms. The van der Waals surface area contributed by atoms with Gasteiger partial charge in [0.25, 0.3) is 0 Å². The Hall–Kier alpha value is -2.64. The van der Waals surface area contributed by atoms with Gasteiger partial charge in [-0.15, -0.1) is 0 Å². The fraction of sp³-hybridized carbons (Fsp3) is 0.400. The van der Waals surface area contributed by atoms with Crippen LogP contribution in [0.3, 0.4) is 0 Å². The molecule has 3 aliphatic rings. The number of para-hydroxylation sites is 2. The van der Waals surface area contributed by atoms with Gasteiger partial charge in [0.2, 0.25) is 5.88 Å². The first kappa shape index (κ1) is 24.4. The van der Waals surface area contributed by atoms with Gasteiger partial charge in [0, 0.05) is 40.2 Å². The molecule has 3 fully saturated rings. The van der Waals surface area contributed by atoms with Crippen molar-refractivity contribution in [3.8, 4) is 5.88 Å². The van der Waals surface area contributed by atoms with E-state index in [0.29, 0.717) is 34.6 Å². The van der Waals surface area contributed by atoms with Crippen LogP contribution in [0.4, 0.5) is 0 Å². The van der Waals surface area contributed by atoms with E-state index < -0.39 is 0 Å². The summed E-state index contributed by atoms with van der Waals surface area (Å²) in [5, 5.41) is 1.23. The highest BCUT2D eigenvalue weighted by Crippen LogP contribution is 2.59. The first-order valence-corrected chi connectivity index (χ1v) is 14.2. The maximum atomic E-state index is 6.32. The average Bonchev–Trinajstić information content (AvgIpc) is 3.54. The SMILES string of the molecule is Clc1ccc(COc2cccc([C@@]34CCN(Cc5nc6ccccc6n5C[C@@H]5CCO5)C[C@@H]3C4)n2)c(Cl)c1. The molecular formula is C30H30Cl2N4O2. The number of hydrogen-bond acceptors (Lipinski definition) is 5. The molecular weight excluding hydrogens is 519 g/mol. The Morgan fingerprint density at radius 2 is 1.95 bits per heavy atom. The number of hydrogen-bond donors (Lipinski definition) is 0. The summed E-state index contributed by atoms with van der Waals surface area (Å²) in [6.07, 6.45) is 3.71. The highest BCUT2D eigenvalue weighted by Gasteiger charge is 2.58. The minimum absolute atomic E-state index is 0.160. The minimum atomic E-state index is 0.160. The van der Waals surface area contributed by atoms with Crippen LogP contribution in [-0.2, 0) is 29.8 Å². The second-order valence-electron chi connectivity index (χ2n) is 10.8. The lowest BCUT2D eigenvalue weighted by Gasteiger charge is -2.32. The molecule has 6 nitrogen and oxygen atoms in total. The number of piperidine rings is 1. The standard InChI is InChI=1S/C30H30Cl2N4O2/c31-22-9-8-20(24(32)14-22)19-38-29-7-3-6-27(34-29)30-11-12-35(16-21(30)15-30)18-28-33-25-4-1-2-5-26(25)36(28)17-23-10-13-37-23/h1-9,14,21,23H,10-13,15-19H2/t21-,23-,30+/m0/s1. The highest BCUT2D eigenvalue weighted by atomic mass is 35.5. The Kier molecular flexibility index (Phi) is 6.31. The van der Waals surface area contributed by atoms with Crippen LogP contribution in [0.2, 0.25) is 10.0 Å². The molecule has 2 saturated heterocycles. The first-order chi connectivity index (χ1) is 18.6. The van der Waals surface area contributed by atoms with Crippen molar-refractivity contribution < 1.29 is 9.47 Å². The van der Waals surface area contributed by atoms with Crippen LogP contribution in [-0.4, -0.2) is 45.2 Å². The van der Waals surface area contributed by atoms with E-state index in [4.69, 9.17) is 42.6 Å². The van der Waals surface area contributed by atoms with E-state index in [1.807, 2.05) is 18.2 Å². The van der Waals surface area contributed by atoms with Crippen molar-refractivity contribution in [3.05, 3.63) is 87.8 Å². The van der Waals surface area contributed by atoms with Gasteiger partial charge in [-0.2, -0.15) is 0 Å². The summed E-state index contributed by atoms with van der Waals surface area (Å²) >= 11 is 12.3. The molecule has 3 atom stereocenters. The molecule has 7 rings (SSSR count). The van der Waals surface area contributed by atoms with Crippen molar-refractivity contribution in [3.63, 3.8) is 0 Å². The number of fused-ring (bicyclic) bond motifs is 2. The second-order valence-corrected chi connectivity index (χ2v) is 11.7. The van der Waals surface area contributed by atoms with Crippen molar-refractivity contribution in [2.75, 3.05) is 19.7 Å². The summed E-state index contributed by atoms with van der Waals surface area (Å²) in [7, 11) is 0. The summed E-state index contributed by atoms with van der Waals surface area (Å²) < 4.78 is 14.2. The lowest BCUT2D eigenvalue weighted by Crippen LogP contribution is -2.37. The van der Waals surface area contributed by atoms with E-state index in [0.717, 1.165) is 68.2 Å². The molecule has 1 aliphatic carbocycles. The number of imidazole rings is 1. The Bertz CT molecular complexity index is 1490. The highest BCUT2D eigenvalue weighted by molar-refractivity contribution is 6.35. The maximum absolute atomic E-state index is 6.32. The Morgan fingerprint density at radius 3 is 2.76 bits per heavy atom. The average molecular weight is 550 g/mol. The molecule has 8 heteroatoms. The summed E-state index contributed by atoms with van der Waals surface area (Å²) in [6, 6.07) is 20.1. The molecule has 0 radical (unpaired) electrons. The van der Waals surface area contributed by atoms with Crippen molar-refractivity contribution in [1.29, 1.82) is 0 Å². The quantitative estimate of drug-likeness (QED) is 0.259. The third-order valence-electron chi connectivity index (χ3n) is 8.49. The molecule has 0 unspecified atom stereocenters. The molecule has 4 heterocycles. The summed E-state index contributed by atoms with van der Waals surface area (Å²) in [6.45, 7) is 5.09. The van der Waals surface area contributed by atoms with E-state index in [2.05, 4.69) is 45.9 Å². The molecule has 2 aromatic heterocycles. The third kappa shape index (κ3) is 4.58. The van der Waals surface area contributed by atoms with Crippen LogP contribution in [0.5, 0.6) is 5.88 Å². The van der Waals surface area contributed by atoms with E-state index >= 15 is 0 Å². The Morgan fingerprint density at radius 1 is 1.05 bits per heavy atom. The number of aromatic nitrogens is 3. The van der Waals surface area contributed by atoms with Crippen LogP contribution in [0.1, 0.15) is 36.3 Å². The minimum Gasteiger partial charge on any atom is -0.473 e. The molecule has 196 valence electrons. The summed E-state index contributed by atoms with van der Waals surface area (Å²) in [5.41, 5.74) is 4.48. The molecule has 2 aliphatic heterocycles. The lowest BCUT2D eigenvalue weighted by atomic mass is 9.91. The van der Waals surface area contributed by atoms with E-state index in [9.17, 15) is 0 Å². The van der Waals surface area contributed by atoms with Gasteiger partial charge in [-0.25, -0.2) is 9.97 Å². The lowest BCUT2D eigenvalue weighted by molar-refractivity contribution is -0.0592. The zero-order valence-electron chi connectivity index (χ0n) is 21.2. The van der Waals surface area contributed by atoms with Gasteiger partial charge in [-0.05, 0) is 62.1 Å². The number of halogens is 2. The van der Waals surface area contributed by atoms with Crippen LogP contribution in [0.15, 0.2) is 60.7 Å². The topological polar surface area (TPSA) is 52.4 Å². The number of ether oxygens (including phenoxy) is 2. The molecule has 0 spiro atoms. The van der Waals surface area contributed by atoms with Crippen molar-refractivity contribution in [1.82, 2.24) is 19.4 Å². The molecule has 2 aromatic carbocycles. The predicted molar refractivity (Wildman–Crippen MR) is 149 cm³/mol. The van der Waals surface area contributed by atoms with Crippen molar-refractivity contribution >= 4 is 34.2 Å². The fourth-order valence-electron chi connectivity index (χ4n) is 6.12. The van der Waals surface area contributed by atoms with Gasteiger partial charge < -0.3 is 14.0 Å². The van der Waals surface area contributed by atoms with Crippen LogP contribution in [0, 0.1) is 5.92 Å². The van der Waals surface area contributed by atoms with Crippen LogP contribution < -0.4 is 4.74 Å². The Labute approximate surface area is 232 Å². The monoisotopic (exact) mass is 548 g/mol. The van der Waals surface area contributed by atoms with Crippen LogP contribution in [0.25, 0.3) is 11.0 Å². The van der Waals surface area contributed by atoms with E-state index in [1.54, 1.807) is 6.07 Å². The number of benzene rings is 2. The number of rotatable bonds is 8. The number of likely N-dealkylation sites (tertiary alicyclic amines) is 1. The molecule has 1 saturated carbocycles. The maximum Gasteiger partial charge on any atom is 0.213 e. The van der Waals surface area contributed by atoms with Gasteiger partial charge >= 0.3 is 0 Å². The Balaban J connectivity index is 1.03. The van der Waals surface area contributed by atoms with Gasteiger partial charge in [-0.3, -0.25) is 4.90 Å². The normalized spacial score (nSPS) is 24.7. The molecule has 0 bridgehead atoms. The largest absolute Gasteiger partial charge is 0.473 e. The number of pyridine rings is 1. The molecule has 0 N–H and O–H groups in total. The zero-order valence-corrected chi connectivity index (χ0v) is 22.7. The van der Waals surface area contributed by atoms with Crippen molar-refractivity contribution in [2.24, 2.45) is 5.92 Å². The first-order valence-electron chi connectivity index (χ1n) is 13.4. The predicted octanol–water partition coefficient (Wildman–Crippen LogP) is 6.27. The second kappa shape index (κ2) is 9.83. The van der Waals surface area contributed by atoms with Crippen molar-refractivity contribution in [2.45, 2.75) is 50.5 Å². The summed E-state index contributed by atoms with van der Waals surface area (Å²) in [5.74, 6) is 2.39. The smallest absolute Gasteiger partial charge is 0.213 e. The van der Waals surface area contributed by atoms with Gasteiger partial charge in [-0.1, -0.05) is 47.5 Å². The summed E-state index contributed by atoms with van der Waals surface area (Å²) in [4.78, 5) is 12.5.